The number of aliphatic hydroxyl groups is 1. The Morgan fingerprint density at radius 2 is 1.70 bits per heavy atom. The molecular formula is C32H34N2O6. The van der Waals surface area contributed by atoms with E-state index in [0.29, 0.717) is 55.5 Å². The topological polar surface area (TPSA) is 88.5 Å². The van der Waals surface area contributed by atoms with E-state index >= 15 is 0 Å². The Balaban J connectivity index is 1.43. The van der Waals surface area contributed by atoms with Gasteiger partial charge in [-0.1, -0.05) is 36.4 Å². The lowest BCUT2D eigenvalue weighted by atomic mass is 9.95. The Labute approximate surface area is 234 Å². The second-order valence-electron chi connectivity index (χ2n) is 9.96. The molecule has 8 nitrogen and oxygen atoms in total. The molecule has 208 valence electrons. The summed E-state index contributed by atoms with van der Waals surface area (Å²) in [5.74, 6) is -0.306. The minimum absolute atomic E-state index is 0.0637. The van der Waals surface area contributed by atoms with E-state index < -0.39 is 17.7 Å². The lowest BCUT2D eigenvalue weighted by Gasteiger charge is -2.31. The van der Waals surface area contributed by atoms with Crippen molar-refractivity contribution in [3.63, 3.8) is 0 Å². The van der Waals surface area contributed by atoms with E-state index in [1.807, 2.05) is 43.3 Å². The number of carbonyl (C=O) groups excluding carboxylic acids is 2. The Kier molecular flexibility index (Phi) is 8.48. The van der Waals surface area contributed by atoms with Crippen LogP contribution in [0, 0.1) is 6.92 Å². The van der Waals surface area contributed by atoms with E-state index in [0.717, 1.165) is 24.2 Å². The first-order valence-corrected chi connectivity index (χ1v) is 13.5. The maximum absolute atomic E-state index is 13.4. The van der Waals surface area contributed by atoms with Crippen molar-refractivity contribution in [1.82, 2.24) is 9.80 Å². The number of Topliss-reactive ketones (excluding diaryl/α,β-unsaturated/α-hetero) is 1. The van der Waals surface area contributed by atoms with Gasteiger partial charge in [-0.05, 0) is 60.0 Å². The summed E-state index contributed by atoms with van der Waals surface area (Å²) in [4.78, 5) is 30.4. The number of hydrogen-bond acceptors (Lipinski definition) is 7. The number of likely N-dealkylation sites (tertiary alicyclic amines) is 1. The standard InChI is InChI=1S/C32H34N2O6/c1-22-6-3-4-7-25(22)21-40-26-12-10-23(11-13-26)30(35)28-29(24-8-5-9-27(20-24)38-2)34(32(37)31(28)36)15-14-33-16-18-39-19-17-33/h3-13,20,29,35H,14-19,21H2,1-2H3. The number of rotatable bonds is 9. The van der Waals surface area contributed by atoms with Crippen molar-refractivity contribution in [3.05, 3.63) is 101 Å². The highest BCUT2D eigenvalue weighted by atomic mass is 16.5. The quantitative estimate of drug-likeness (QED) is 0.245. The minimum atomic E-state index is -0.742. The number of carbonyl (C=O) groups is 2. The first kappa shape index (κ1) is 27.4. The molecule has 1 atom stereocenters. The molecule has 1 unspecified atom stereocenters. The monoisotopic (exact) mass is 542 g/mol. The van der Waals surface area contributed by atoms with Crippen LogP contribution in [0.5, 0.6) is 11.5 Å². The molecule has 1 amide bonds. The molecule has 3 aromatic rings. The van der Waals surface area contributed by atoms with Crippen molar-refractivity contribution in [2.75, 3.05) is 46.5 Å². The van der Waals surface area contributed by atoms with Crippen LogP contribution in [-0.2, 0) is 20.9 Å². The van der Waals surface area contributed by atoms with Crippen molar-refractivity contribution < 1.29 is 28.9 Å². The van der Waals surface area contributed by atoms with Crippen LogP contribution in [0.25, 0.3) is 5.76 Å². The van der Waals surface area contributed by atoms with Gasteiger partial charge in [-0.2, -0.15) is 0 Å². The molecule has 2 aliphatic rings. The molecule has 0 aromatic heterocycles. The molecule has 3 aromatic carbocycles. The molecule has 0 aliphatic carbocycles. The Morgan fingerprint density at radius 1 is 0.950 bits per heavy atom. The van der Waals surface area contributed by atoms with Crippen LogP contribution in [0.2, 0.25) is 0 Å². The maximum atomic E-state index is 13.4. The Morgan fingerprint density at radius 3 is 2.42 bits per heavy atom. The predicted molar refractivity (Wildman–Crippen MR) is 151 cm³/mol. The molecule has 0 bridgehead atoms. The highest BCUT2D eigenvalue weighted by molar-refractivity contribution is 6.46. The second-order valence-corrected chi connectivity index (χ2v) is 9.96. The SMILES string of the molecule is COc1cccc(C2C(=C(O)c3ccc(OCc4ccccc4C)cc3)C(=O)C(=O)N2CCN2CCOCC2)c1. The summed E-state index contributed by atoms with van der Waals surface area (Å²) >= 11 is 0. The Bertz CT molecular complexity index is 1390. The fourth-order valence-corrected chi connectivity index (χ4v) is 5.14. The van der Waals surface area contributed by atoms with Gasteiger partial charge in [-0.15, -0.1) is 0 Å². The van der Waals surface area contributed by atoms with Gasteiger partial charge in [-0.25, -0.2) is 0 Å². The van der Waals surface area contributed by atoms with Gasteiger partial charge in [0.15, 0.2) is 0 Å². The van der Waals surface area contributed by atoms with Gasteiger partial charge in [0.25, 0.3) is 11.7 Å². The van der Waals surface area contributed by atoms with Crippen LogP contribution >= 0.6 is 0 Å². The van der Waals surface area contributed by atoms with Gasteiger partial charge in [0.1, 0.15) is 23.9 Å². The normalized spacial score (nSPS) is 19.1. The largest absolute Gasteiger partial charge is 0.507 e. The third-order valence-corrected chi connectivity index (χ3v) is 7.49. The maximum Gasteiger partial charge on any atom is 0.295 e. The highest BCUT2D eigenvalue weighted by Gasteiger charge is 2.46. The van der Waals surface area contributed by atoms with Gasteiger partial charge in [0, 0.05) is 31.7 Å². The molecule has 0 spiro atoms. The molecule has 2 saturated heterocycles. The second kappa shape index (κ2) is 12.4. The molecular weight excluding hydrogens is 508 g/mol. The number of ether oxygens (including phenoxy) is 3. The van der Waals surface area contributed by atoms with Gasteiger partial charge >= 0.3 is 0 Å². The number of amides is 1. The van der Waals surface area contributed by atoms with Crippen molar-refractivity contribution >= 4 is 17.4 Å². The van der Waals surface area contributed by atoms with Gasteiger partial charge in [0.05, 0.1) is 31.9 Å². The van der Waals surface area contributed by atoms with Crippen LogP contribution < -0.4 is 9.47 Å². The summed E-state index contributed by atoms with van der Waals surface area (Å²) in [5.41, 5.74) is 3.42. The number of ketones is 1. The number of hydrogen-bond donors (Lipinski definition) is 1. The first-order chi connectivity index (χ1) is 19.5. The number of morpholine rings is 1. The smallest absolute Gasteiger partial charge is 0.295 e. The lowest BCUT2D eigenvalue weighted by molar-refractivity contribution is -0.140. The number of aliphatic hydroxyl groups excluding tert-OH is 1. The Hall–Kier alpha value is -4.14. The number of methoxy groups -OCH3 is 1. The lowest BCUT2D eigenvalue weighted by Crippen LogP contribution is -2.42. The van der Waals surface area contributed by atoms with Gasteiger partial charge in [0.2, 0.25) is 0 Å². The molecule has 0 saturated carbocycles. The van der Waals surface area contributed by atoms with Crippen LogP contribution in [0.1, 0.15) is 28.3 Å². The third kappa shape index (κ3) is 5.88. The fourth-order valence-electron chi connectivity index (χ4n) is 5.14. The molecule has 2 aliphatic heterocycles. The van der Waals surface area contributed by atoms with Gasteiger partial charge < -0.3 is 24.2 Å². The highest BCUT2D eigenvalue weighted by Crippen LogP contribution is 2.40. The van der Waals surface area contributed by atoms with Crippen molar-refractivity contribution in [1.29, 1.82) is 0 Å². The average Bonchev–Trinajstić information content (AvgIpc) is 3.25. The van der Waals surface area contributed by atoms with Crippen LogP contribution in [-0.4, -0.2) is 73.1 Å². The average molecular weight is 543 g/mol. The molecule has 8 heteroatoms. The fraction of sp³-hybridized carbons (Fsp3) is 0.312. The van der Waals surface area contributed by atoms with E-state index in [1.165, 1.54) is 0 Å². The summed E-state index contributed by atoms with van der Waals surface area (Å²) in [6.07, 6.45) is 0. The summed E-state index contributed by atoms with van der Waals surface area (Å²) in [7, 11) is 1.57. The van der Waals surface area contributed by atoms with E-state index in [-0.39, 0.29) is 11.3 Å². The zero-order chi connectivity index (χ0) is 28.1. The van der Waals surface area contributed by atoms with Crippen molar-refractivity contribution in [2.45, 2.75) is 19.6 Å². The number of benzene rings is 3. The van der Waals surface area contributed by atoms with E-state index in [1.54, 1.807) is 48.4 Å². The van der Waals surface area contributed by atoms with Crippen LogP contribution in [0.3, 0.4) is 0 Å². The van der Waals surface area contributed by atoms with E-state index in [9.17, 15) is 14.7 Å². The molecule has 2 fully saturated rings. The van der Waals surface area contributed by atoms with Crippen LogP contribution in [0.4, 0.5) is 0 Å². The van der Waals surface area contributed by atoms with Gasteiger partial charge in [-0.3, -0.25) is 14.5 Å². The van der Waals surface area contributed by atoms with E-state index in [4.69, 9.17) is 14.2 Å². The third-order valence-electron chi connectivity index (χ3n) is 7.49. The summed E-state index contributed by atoms with van der Waals surface area (Å²) < 4.78 is 16.8. The zero-order valence-corrected chi connectivity index (χ0v) is 22.8. The van der Waals surface area contributed by atoms with Crippen LogP contribution in [0.15, 0.2) is 78.4 Å². The molecule has 1 N–H and O–H groups in total. The molecule has 2 heterocycles. The summed E-state index contributed by atoms with van der Waals surface area (Å²) in [6, 6.07) is 21.4. The predicted octanol–water partition coefficient (Wildman–Crippen LogP) is 4.34. The molecule has 0 radical (unpaired) electrons. The molecule has 5 rings (SSSR count). The number of nitrogens with zero attached hydrogens (tertiary/aromatic N) is 2. The van der Waals surface area contributed by atoms with Crippen molar-refractivity contribution in [3.8, 4) is 11.5 Å². The minimum Gasteiger partial charge on any atom is -0.507 e. The zero-order valence-electron chi connectivity index (χ0n) is 22.8. The molecule has 40 heavy (non-hydrogen) atoms. The summed E-state index contributed by atoms with van der Waals surface area (Å²) in [6.45, 7) is 6.22. The summed E-state index contributed by atoms with van der Waals surface area (Å²) in [5, 5.41) is 11.4. The number of aryl methyl sites for hydroxylation is 1. The van der Waals surface area contributed by atoms with E-state index in [2.05, 4.69) is 4.90 Å². The first-order valence-electron chi connectivity index (χ1n) is 13.5. The van der Waals surface area contributed by atoms with Crippen molar-refractivity contribution in [2.24, 2.45) is 0 Å².